The number of rotatable bonds is 9. The fourth-order valence-corrected chi connectivity index (χ4v) is 4.80. The van der Waals surface area contributed by atoms with Crippen molar-refractivity contribution in [1.29, 1.82) is 0 Å². The summed E-state index contributed by atoms with van der Waals surface area (Å²) in [7, 11) is -3.66. The van der Waals surface area contributed by atoms with E-state index in [-0.39, 0.29) is 16.3 Å². The zero-order valence-electron chi connectivity index (χ0n) is 17.3. The maximum absolute atomic E-state index is 12.8. The Morgan fingerprint density at radius 3 is 2.35 bits per heavy atom. The summed E-state index contributed by atoms with van der Waals surface area (Å²) in [6, 6.07) is 13.7. The van der Waals surface area contributed by atoms with Gasteiger partial charge in [-0.15, -0.1) is 0 Å². The second-order valence-electron chi connectivity index (χ2n) is 7.38. The van der Waals surface area contributed by atoms with Gasteiger partial charge in [0.15, 0.2) is 9.84 Å². The molecule has 0 aliphatic heterocycles. The Kier molecular flexibility index (Phi) is 7.08. The molecule has 0 fully saturated rings. The zero-order valence-corrected chi connectivity index (χ0v) is 18.9. The molecular weight excluding hydrogens is 438 g/mol. The quantitative estimate of drug-likeness (QED) is 0.458. The minimum Gasteiger partial charge on any atom is -0.494 e. The van der Waals surface area contributed by atoms with Crippen LogP contribution >= 0.6 is 11.6 Å². The number of hydrogen-bond donors (Lipinski definition) is 1. The van der Waals surface area contributed by atoms with Crippen LogP contribution in [0.15, 0.2) is 59.6 Å². The average molecular weight is 462 g/mol. The standard InChI is InChI=1S/C23H24ClNO5S/c1-16-11-19(12-17(2)22(16)24)30-10-6-9-25-14-20(13-21(25)23(26)27)31(28,29)15-18-7-4-3-5-8-18/h3-5,7-8,11-14H,6,9-10,15H2,1-2H3,(H,26,27). The molecule has 0 bridgehead atoms. The van der Waals surface area contributed by atoms with E-state index in [2.05, 4.69) is 0 Å². The van der Waals surface area contributed by atoms with Crippen molar-refractivity contribution in [3.05, 3.63) is 82.1 Å². The van der Waals surface area contributed by atoms with Crippen molar-refractivity contribution < 1.29 is 23.1 Å². The SMILES string of the molecule is Cc1cc(OCCCn2cc(S(=O)(=O)Cc3ccccc3)cc2C(=O)O)cc(C)c1Cl. The lowest BCUT2D eigenvalue weighted by molar-refractivity contribution is 0.0684. The third-order valence-corrected chi connectivity index (χ3v) is 7.12. The predicted octanol–water partition coefficient (Wildman–Crippen LogP) is 4.90. The van der Waals surface area contributed by atoms with Crippen LogP contribution in [-0.4, -0.2) is 30.7 Å². The van der Waals surface area contributed by atoms with Crippen molar-refractivity contribution in [2.24, 2.45) is 0 Å². The van der Waals surface area contributed by atoms with E-state index in [9.17, 15) is 18.3 Å². The van der Waals surface area contributed by atoms with Crippen LogP contribution in [0.5, 0.6) is 5.75 Å². The molecule has 3 rings (SSSR count). The maximum atomic E-state index is 12.8. The largest absolute Gasteiger partial charge is 0.494 e. The molecule has 0 radical (unpaired) electrons. The fourth-order valence-electron chi connectivity index (χ4n) is 3.31. The van der Waals surface area contributed by atoms with Crippen molar-refractivity contribution in [2.45, 2.75) is 37.5 Å². The number of sulfone groups is 1. The number of benzene rings is 2. The highest BCUT2D eigenvalue weighted by atomic mass is 35.5. The lowest BCUT2D eigenvalue weighted by atomic mass is 10.1. The molecule has 6 nitrogen and oxygen atoms in total. The van der Waals surface area contributed by atoms with Gasteiger partial charge in [0.2, 0.25) is 0 Å². The first-order valence-electron chi connectivity index (χ1n) is 9.77. The summed E-state index contributed by atoms with van der Waals surface area (Å²) in [5, 5.41) is 10.2. The van der Waals surface area contributed by atoms with Gasteiger partial charge >= 0.3 is 5.97 Å². The summed E-state index contributed by atoms with van der Waals surface area (Å²) >= 11 is 6.16. The van der Waals surface area contributed by atoms with Crippen molar-refractivity contribution in [1.82, 2.24) is 4.57 Å². The van der Waals surface area contributed by atoms with E-state index in [0.717, 1.165) is 11.1 Å². The van der Waals surface area contributed by atoms with E-state index < -0.39 is 15.8 Å². The zero-order chi connectivity index (χ0) is 22.6. The van der Waals surface area contributed by atoms with Crippen LogP contribution in [0.25, 0.3) is 0 Å². The molecule has 0 saturated heterocycles. The summed E-state index contributed by atoms with van der Waals surface area (Å²) in [6.07, 6.45) is 1.90. The van der Waals surface area contributed by atoms with Gasteiger partial charge in [0.25, 0.3) is 0 Å². The number of ether oxygens (including phenoxy) is 1. The van der Waals surface area contributed by atoms with Gasteiger partial charge in [0.1, 0.15) is 11.4 Å². The number of aromatic nitrogens is 1. The van der Waals surface area contributed by atoms with Gasteiger partial charge in [-0.05, 0) is 55.2 Å². The van der Waals surface area contributed by atoms with Crippen LogP contribution in [0.1, 0.15) is 33.6 Å². The van der Waals surface area contributed by atoms with Gasteiger partial charge in [0, 0.05) is 17.8 Å². The Hall–Kier alpha value is -2.77. The van der Waals surface area contributed by atoms with E-state index >= 15 is 0 Å². The molecule has 0 amide bonds. The lowest BCUT2D eigenvalue weighted by Gasteiger charge is -2.11. The van der Waals surface area contributed by atoms with Gasteiger partial charge in [-0.25, -0.2) is 13.2 Å². The van der Waals surface area contributed by atoms with Crippen LogP contribution in [-0.2, 0) is 22.1 Å². The summed E-state index contributed by atoms with van der Waals surface area (Å²) in [6.45, 7) is 4.47. The minimum atomic E-state index is -3.66. The molecule has 0 aliphatic rings. The maximum Gasteiger partial charge on any atom is 0.352 e. The Bertz CT molecular complexity index is 1160. The van der Waals surface area contributed by atoms with Gasteiger partial charge in [0.05, 0.1) is 17.3 Å². The molecule has 0 aliphatic carbocycles. The fraction of sp³-hybridized carbons (Fsp3) is 0.261. The molecule has 1 aromatic heterocycles. The highest BCUT2D eigenvalue weighted by Gasteiger charge is 2.22. The molecule has 0 saturated carbocycles. The predicted molar refractivity (Wildman–Crippen MR) is 120 cm³/mol. The summed E-state index contributed by atoms with van der Waals surface area (Å²) in [4.78, 5) is 11.6. The van der Waals surface area contributed by atoms with Crippen LogP contribution in [0.3, 0.4) is 0 Å². The molecule has 3 aromatic rings. The molecule has 164 valence electrons. The first-order valence-corrected chi connectivity index (χ1v) is 11.8. The molecule has 2 aromatic carbocycles. The van der Waals surface area contributed by atoms with Crippen LogP contribution in [0, 0.1) is 13.8 Å². The molecule has 1 heterocycles. The lowest BCUT2D eigenvalue weighted by Crippen LogP contribution is -2.10. The third-order valence-electron chi connectivity index (χ3n) is 4.87. The third kappa shape index (κ3) is 5.68. The van der Waals surface area contributed by atoms with Gasteiger partial charge in [-0.3, -0.25) is 0 Å². The Labute approximate surface area is 187 Å². The van der Waals surface area contributed by atoms with Crippen molar-refractivity contribution >= 4 is 27.4 Å². The number of carbonyl (C=O) groups is 1. The molecule has 0 unspecified atom stereocenters. The van der Waals surface area contributed by atoms with Gasteiger partial charge in [-0.1, -0.05) is 41.9 Å². The van der Waals surface area contributed by atoms with E-state index in [0.29, 0.717) is 35.9 Å². The second kappa shape index (κ2) is 9.58. The summed E-state index contributed by atoms with van der Waals surface area (Å²) in [5.74, 6) is -0.669. The molecule has 8 heteroatoms. The summed E-state index contributed by atoms with van der Waals surface area (Å²) < 4.78 is 32.7. The number of carboxylic acids is 1. The average Bonchev–Trinajstić information content (AvgIpc) is 3.15. The normalized spacial score (nSPS) is 11.5. The molecule has 0 atom stereocenters. The Morgan fingerprint density at radius 2 is 1.74 bits per heavy atom. The Morgan fingerprint density at radius 1 is 1.10 bits per heavy atom. The van der Waals surface area contributed by atoms with E-state index in [1.54, 1.807) is 24.3 Å². The van der Waals surface area contributed by atoms with Gasteiger partial charge in [-0.2, -0.15) is 0 Å². The Balaban J connectivity index is 1.69. The first kappa shape index (κ1) is 22.9. The first-order chi connectivity index (χ1) is 14.7. The van der Waals surface area contributed by atoms with Gasteiger partial charge < -0.3 is 14.4 Å². The monoisotopic (exact) mass is 461 g/mol. The van der Waals surface area contributed by atoms with E-state index in [4.69, 9.17) is 16.3 Å². The number of aryl methyl sites for hydroxylation is 3. The van der Waals surface area contributed by atoms with E-state index in [1.807, 2.05) is 32.0 Å². The number of hydrogen-bond acceptors (Lipinski definition) is 4. The second-order valence-corrected chi connectivity index (χ2v) is 9.74. The number of aromatic carboxylic acids is 1. The highest BCUT2D eigenvalue weighted by molar-refractivity contribution is 7.90. The van der Waals surface area contributed by atoms with Crippen molar-refractivity contribution in [3.63, 3.8) is 0 Å². The smallest absolute Gasteiger partial charge is 0.352 e. The topological polar surface area (TPSA) is 85.6 Å². The van der Waals surface area contributed by atoms with Crippen LogP contribution < -0.4 is 4.74 Å². The van der Waals surface area contributed by atoms with Crippen LogP contribution in [0.2, 0.25) is 5.02 Å². The molecular formula is C23H24ClNO5S. The molecule has 31 heavy (non-hydrogen) atoms. The number of carboxylic acid groups (broad SMARTS) is 1. The number of halogens is 1. The highest BCUT2D eigenvalue weighted by Crippen LogP contribution is 2.26. The summed E-state index contributed by atoms with van der Waals surface area (Å²) in [5.41, 5.74) is 2.42. The van der Waals surface area contributed by atoms with Crippen molar-refractivity contribution in [2.75, 3.05) is 6.61 Å². The van der Waals surface area contributed by atoms with E-state index in [1.165, 1.54) is 16.8 Å². The van der Waals surface area contributed by atoms with Crippen LogP contribution in [0.4, 0.5) is 0 Å². The number of nitrogens with zero attached hydrogens (tertiary/aromatic N) is 1. The van der Waals surface area contributed by atoms with Crippen molar-refractivity contribution in [3.8, 4) is 5.75 Å². The minimum absolute atomic E-state index is 0.00128. The molecule has 0 spiro atoms. The molecule has 1 N–H and O–H groups in total.